The number of hydrogen-bond donors (Lipinski definition) is 2. The van der Waals surface area contributed by atoms with E-state index in [2.05, 4.69) is 5.32 Å². The lowest BCUT2D eigenvalue weighted by molar-refractivity contribution is -0.141. The highest BCUT2D eigenvalue weighted by molar-refractivity contribution is 5.82. The van der Waals surface area contributed by atoms with Crippen molar-refractivity contribution < 1.29 is 23.5 Å². The summed E-state index contributed by atoms with van der Waals surface area (Å²) in [7, 11) is 1.30. The molecule has 0 aromatic heterocycles. The Hall–Kier alpha value is -2.18. The molecule has 0 aliphatic carbocycles. The SMILES string of the molecule is CC(C(=O)O)N(C)C(=O)NCc1cc(F)ccc1F. The third kappa shape index (κ3) is 3.90. The van der Waals surface area contributed by atoms with Crippen molar-refractivity contribution in [2.24, 2.45) is 0 Å². The lowest BCUT2D eigenvalue weighted by Crippen LogP contribution is -2.45. The number of carboxylic acid groups (broad SMARTS) is 1. The highest BCUT2D eigenvalue weighted by Crippen LogP contribution is 2.09. The molecular formula is C12H14F2N2O3. The molecule has 1 unspecified atom stereocenters. The smallest absolute Gasteiger partial charge is 0.326 e. The van der Waals surface area contributed by atoms with Crippen molar-refractivity contribution in [3.8, 4) is 0 Å². The third-order valence-electron chi connectivity index (χ3n) is 2.70. The van der Waals surface area contributed by atoms with E-state index in [1.165, 1.54) is 14.0 Å². The summed E-state index contributed by atoms with van der Waals surface area (Å²) in [5.74, 6) is -2.41. The maximum absolute atomic E-state index is 13.3. The van der Waals surface area contributed by atoms with Crippen LogP contribution in [0.15, 0.2) is 18.2 Å². The van der Waals surface area contributed by atoms with Crippen LogP contribution in [0.3, 0.4) is 0 Å². The van der Waals surface area contributed by atoms with Crippen LogP contribution in [0.2, 0.25) is 0 Å². The number of aliphatic carboxylic acids is 1. The van der Waals surface area contributed by atoms with Crippen molar-refractivity contribution in [1.82, 2.24) is 10.2 Å². The van der Waals surface area contributed by atoms with Gasteiger partial charge in [-0.2, -0.15) is 0 Å². The molecule has 0 saturated carbocycles. The van der Waals surface area contributed by atoms with Gasteiger partial charge < -0.3 is 15.3 Å². The van der Waals surface area contributed by atoms with Crippen molar-refractivity contribution in [2.75, 3.05) is 7.05 Å². The van der Waals surface area contributed by atoms with E-state index in [0.717, 1.165) is 23.1 Å². The molecule has 0 bridgehead atoms. The van der Waals surface area contributed by atoms with Crippen molar-refractivity contribution in [1.29, 1.82) is 0 Å². The minimum absolute atomic E-state index is 0.00951. The van der Waals surface area contributed by atoms with Gasteiger partial charge in [-0.05, 0) is 25.1 Å². The number of urea groups is 1. The van der Waals surface area contributed by atoms with E-state index >= 15 is 0 Å². The summed E-state index contributed by atoms with van der Waals surface area (Å²) < 4.78 is 26.2. The zero-order valence-electron chi connectivity index (χ0n) is 10.5. The fourth-order valence-electron chi connectivity index (χ4n) is 1.32. The number of amides is 2. The second-order valence-electron chi connectivity index (χ2n) is 4.02. The van der Waals surface area contributed by atoms with E-state index in [4.69, 9.17) is 5.11 Å². The predicted octanol–water partition coefficient (Wildman–Crippen LogP) is 1.58. The number of likely N-dealkylation sites (N-methyl/N-ethyl adjacent to an activating group) is 1. The molecule has 1 rings (SSSR count). The lowest BCUT2D eigenvalue weighted by Gasteiger charge is -2.21. The average Bonchev–Trinajstić information content (AvgIpc) is 2.37. The average molecular weight is 272 g/mol. The van der Waals surface area contributed by atoms with Gasteiger partial charge in [0.15, 0.2) is 0 Å². The van der Waals surface area contributed by atoms with Gasteiger partial charge in [0, 0.05) is 19.2 Å². The van der Waals surface area contributed by atoms with Gasteiger partial charge in [0.25, 0.3) is 0 Å². The lowest BCUT2D eigenvalue weighted by atomic mass is 10.2. The Morgan fingerprint density at radius 3 is 2.63 bits per heavy atom. The Balaban J connectivity index is 2.64. The summed E-state index contributed by atoms with van der Waals surface area (Å²) in [4.78, 5) is 23.2. The summed E-state index contributed by atoms with van der Waals surface area (Å²) in [5.41, 5.74) is -0.00951. The van der Waals surface area contributed by atoms with Crippen LogP contribution < -0.4 is 5.32 Å². The van der Waals surface area contributed by atoms with Crippen LogP contribution >= 0.6 is 0 Å². The molecule has 0 aliphatic rings. The molecule has 0 saturated heterocycles. The van der Waals surface area contributed by atoms with Crippen LogP contribution in [0, 0.1) is 11.6 Å². The van der Waals surface area contributed by atoms with Crippen molar-refractivity contribution in [3.63, 3.8) is 0 Å². The van der Waals surface area contributed by atoms with E-state index in [0.29, 0.717) is 0 Å². The molecule has 2 amide bonds. The van der Waals surface area contributed by atoms with Crippen LogP contribution in [0.5, 0.6) is 0 Å². The van der Waals surface area contributed by atoms with E-state index in [1.807, 2.05) is 0 Å². The monoisotopic (exact) mass is 272 g/mol. The molecule has 1 atom stereocenters. The molecule has 104 valence electrons. The molecule has 1 aromatic rings. The number of hydrogen-bond acceptors (Lipinski definition) is 2. The van der Waals surface area contributed by atoms with Gasteiger partial charge in [-0.3, -0.25) is 0 Å². The summed E-state index contributed by atoms with van der Waals surface area (Å²) in [6.07, 6.45) is 0. The zero-order chi connectivity index (χ0) is 14.6. The highest BCUT2D eigenvalue weighted by atomic mass is 19.1. The number of carboxylic acids is 1. The van der Waals surface area contributed by atoms with E-state index in [1.54, 1.807) is 0 Å². The predicted molar refractivity (Wildman–Crippen MR) is 63.5 cm³/mol. The molecule has 0 aliphatic heterocycles. The van der Waals surface area contributed by atoms with Crippen LogP contribution in [-0.4, -0.2) is 35.1 Å². The van der Waals surface area contributed by atoms with Crippen LogP contribution in [0.1, 0.15) is 12.5 Å². The minimum atomic E-state index is -1.16. The van der Waals surface area contributed by atoms with E-state index in [-0.39, 0.29) is 12.1 Å². The normalized spacial score (nSPS) is 11.8. The molecule has 1 aromatic carbocycles. The van der Waals surface area contributed by atoms with Gasteiger partial charge in [-0.15, -0.1) is 0 Å². The Bertz CT molecular complexity index is 494. The quantitative estimate of drug-likeness (QED) is 0.874. The van der Waals surface area contributed by atoms with Gasteiger partial charge in [-0.25, -0.2) is 18.4 Å². The number of halogens is 2. The maximum Gasteiger partial charge on any atom is 0.326 e. The first-order valence-corrected chi connectivity index (χ1v) is 5.50. The fourth-order valence-corrected chi connectivity index (χ4v) is 1.32. The Labute approximate surface area is 108 Å². The molecule has 0 fully saturated rings. The van der Waals surface area contributed by atoms with Gasteiger partial charge in [0.2, 0.25) is 0 Å². The van der Waals surface area contributed by atoms with Gasteiger partial charge in [-0.1, -0.05) is 0 Å². The fraction of sp³-hybridized carbons (Fsp3) is 0.333. The third-order valence-corrected chi connectivity index (χ3v) is 2.70. The first-order valence-electron chi connectivity index (χ1n) is 5.50. The molecule has 0 heterocycles. The minimum Gasteiger partial charge on any atom is -0.480 e. The number of carbonyl (C=O) groups excluding carboxylic acids is 1. The Morgan fingerprint density at radius 2 is 2.05 bits per heavy atom. The summed E-state index contributed by atoms with van der Waals surface area (Å²) in [6, 6.07) is 1.20. The van der Waals surface area contributed by atoms with Crippen molar-refractivity contribution in [2.45, 2.75) is 19.5 Å². The van der Waals surface area contributed by atoms with E-state index in [9.17, 15) is 18.4 Å². The van der Waals surface area contributed by atoms with E-state index < -0.39 is 29.7 Å². The number of benzene rings is 1. The highest BCUT2D eigenvalue weighted by Gasteiger charge is 2.21. The zero-order valence-corrected chi connectivity index (χ0v) is 10.5. The van der Waals surface area contributed by atoms with Crippen LogP contribution in [-0.2, 0) is 11.3 Å². The number of nitrogens with one attached hydrogen (secondary N) is 1. The Morgan fingerprint density at radius 1 is 1.42 bits per heavy atom. The summed E-state index contributed by atoms with van der Waals surface area (Å²) >= 11 is 0. The first-order chi connectivity index (χ1) is 8.82. The number of rotatable bonds is 4. The first kappa shape index (κ1) is 14.9. The Kier molecular flexibility index (Phi) is 4.80. The topological polar surface area (TPSA) is 69.6 Å². The standard InChI is InChI=1S/C12H14F2N2O3/c1-7(11(17)18)16(2)12(19)15-6-8-5-9(13)3-4-10(8)14/h3-5,7H,6H2,1-2H3,(H,15,19)(H,17,18). The van der Waals surface area contributed by atoms with Gasteiger partial charge >= 0.3 is 12.0 Å². The van der Waals surface area contributed by atoms with Crippen LogP contribution in [0.4, 0.5) is 13.6 Å². The molecule has 0 spiro atoms. The largest absolute Gasteiger partial charge is 0.480 e. The maximum atomic E-state index is 13.3. The second kappa shape index (κ2) is 6.12. The van der Waals surface area contributed by atoms with Gasteiger partial charge in [0.1, 0.15) is 17.7 Å². The number of carbonyl (C=O) groups is 2. The summed E-state index contributed by atoms with van der Waals surface area (Å²) in [6.45, 7) is 1.11. The molecular weight excluding hydrogens is 258 g/mol. The molecule has 19 heavy (non-hydrogen) atoms. The molecule has 2 N–H and O–H groups in total. The van der Waals surface area contributed by atoms with Crippen molar-refractivity contribution in [3.05, 3.63) is 35.4 Å². The number of nitrogens with zero attached hydrogens (tertiary/aromatic N) is 1. The molecule has 7 heteroatoms. The molecule has 5 nitrogen and oxygen atoms in total. The second-order valence-corrected chi connectivity index (χ2v) is 4.02. The van der Waals surface area contributed by atoms with Crippen LogP contribution in [0.25, 0.3) is 0 Å². The molecule has 0 radical (unpaired) electrons. The van der Waals surface area contributed by atoms with Crippen molar-refractivity contribution >= 4 is 12.0 Å². The summed E-state index contributed by atoms with van der Waals surface area (Å²) in [5, 5.41) is 11.1. The van der Waals surface area contributed by atoms with Gasteiger partial charge in [0.05, 0.1) is 0 Å².